The summed E-state index contributed by atoms with van der Waals surface area (Å²) in [5, 5.41) is 10.1. The zero-order chi connectivity index (χ0) is 24.1. The molecule has 0 radical (unpaired) electrons. The zero-order valence-electron chi connectivity index (χ0n) is 20.1. The van der Waals surface area contributed by atoms with Gasteiger partial charge in [0.05, 0.1) is 5.69 Å². The van der Waals surface area contributed by atoms with Crippen molar-refractivity contribution < 1.29 is 0 Å². The van der Waals surface area contributed by atoms with Crippen molar-refractivity contribution in [3.63, 3.8) is 0 Å². The van der Waals surface area contributed by atoms with Gasteiger partial charge in [0.2, 0.25) is 0 Å². The highest BCUT2D eigenvalue weighted by Crippen LogP contribution is 2.43. The van der Waals surface area contributed by atoms with Crippen molar-refractivity contribution in [3.05, 3.63) is 139 Å². The fraction of sp³-hybridized carbons (Fsp3) is 0.0286. The third kappa shape index (κ3) is 3.32. The Labute approximate surface area is 210 Å². The van der Waals surface area contributed by atoms with Gasteiger partial charge >= 0.3 is 0 Å². The molecule has 0 spiro atoms. The summed E-state index contributed by atoms with van der Waals surface area (Å²) in [5.41, 5.74) is 4.75. The molecule has 7 aromatic rings. The summed E-state index contributed by atoms with van der Waals surface area (Å²) in [4.78, 5) is 2.42. The van der Waals surface area contributed by atoms with Crippen molar-refractivity contribution in [1.29, 1.82) is 0 Å². The second-order valence-corrected chi connectivity index (χ2v) is 9.53. The van der Waals surface area contributed by atoms with Crippen molar-refractivity contribution in [2.24, 2.45) is 0 Å². The average Bonchev–Trinajstić information content (AvgIpc) is 2.93. The predicted molar refractivity (Wildman–Crippen MR) is 156 cm³/mol. The van der Waals surface area contributed by atoms with Gasteiger partial charge in [0.15, 0.2) is 0 Å². The molecule has 7 aromatic carbocycles. The van der Waals surface area contributed by atoms with E-state index in [1.54, 1.807) is 0 Å². The summed E-state index contributed by atoms with van der Waals surface area (Å²) in [6, 6.07) is 48.5. The van der Waals surface area contributed by atoms with Gasteiger partial charge in [-0.1, -0.05) is 103 Å². The van der Waals surface area contributed by atoms with Gasteiger partial charge in [-0.2, -0.15) is 0 Å². The molecule has 0 heterocycles. The summed E-state index contributed by atoms with van der Waals surface area (Å²) in [6.07, 6.45) is 0. The maximum Gasteiger partial charge on any atom is 0.0546 e. The van der Waals surface area contributed by atoms with E-state index in [0.717, 1.165) is 11.4 Å². The molecule has 0 saturated carbocycles. The van der Waals surface area contributed by atoms with Gasteiger partial charge in [0.25, 0.3) is 0 Å². The average molecular weight is 460 g/mol. The van der Waals surface area contributed by atoms with Gasteiger partial charge in [-0.15, -0.1) is 0 Å². The fourth-order valence-corrected chi connectivity index (χ4v) is 5.55. The van der Waals surface area contributed by atoms with Gasteiger partial charge in [-0.05, 0) is 80.5 Å². The Hall–Kier alpha value is -4.62. The fourth-order valence-electron chi connectivity index (χ4n) is 5.55. The zero-order valence-corrected chi connectivity index (χ0v) is 20.1. The number of hydrogen-bond donors (Lipinski definition) is 0. The largest absolute Gasteiger partial charge is 0.310 e. The molecule has 0 aliphatic carbocycles. The molecule has 0 aromatic heterocycles. The van der Waals surface area contributed by atoms with E-state index in [1.807, 2.05) is 0 Å². The summed E-state index contributed by atoms with van der Waals surface area (Å²) in [5.74, 6) is 0. The van der Waals surface area contributed by atoms with Crippen LogP contribution in [0.1, 0.15) is 5.56 Å². The monoisotopic (exact) mass is 459 g/mol. The lowest BCUT2D eigenvalue weighted by molar-refractivity contribution is 1.29. The maximum atomic E-state index is 2.42. The number of benzene rings is 7. The third-order valence-corrected chi connectivity index (χ3v) is 7.24. The summed E-state index contributed by atoms with van der Waals surface area (Å²) in [6.45, 7) is 2.16. The highest BCUT2D eigenvalue weighted by atomic mass is 15.1. The summed E-state index contributed by atoms with van der Waals surface area (Å²) in [7, 11) is 0. The highest BCUT2D eigenvalue weighted by molar-refractivity contribution is 6.16. The normalized spacial score (nSPS) is 11.5. The third-order valence-electron chi connectivity index (χ3n) is 7.24. The van der Waals surface area contributed by atoms with E-state index in [9.17, 15) is 0 Å². The molecular formula is C35H25N. The van der Waals surface area contributed by atoms with Gasteiger partial charge in [-0.25, -0.2) is 0 Å². The van der Waals surface area contributed by atoms with Gasteiger partial charge < -0.3 is 4.90 Å². The van der Waals surface area contributed by atoms with Crippen LogP contribution >= 0.6 is 0 Å². The first-order valence-electron chi connectivity index (χ1n) is 12.5. The van der Waals surface area contributed by atoms with E-state index < -0.39 is 0 Å². The van der Waals surface area contributed by atoms with E-state index in [4.69, 9.17) is 0 Å². The quantitative estimate of drug-likeness (QED) is 0.238. The van der Waals surface area contributed by atoms with Crippen LogP contribution in [0.3, 0.4) is 0 Å². The lowest BCUT2D eigenvalue weighted by atomic mass is 9.98. The molecular weight excluding hydrogens is 434 g/mol. The lowest BCUT2D eigenvalue weighted by Crippen LogP contribution is -2.10. The van der Waals surface area contributed by atoms with E-state index in [1.165, 1.54) is 54.3 Å². The Morgan fingerprint density at radius 1 is 0.417 bits per heavy atom. The Balaban J connectivity index is 1.57. The molecule has 7 rings (SSSR count). The van der Waals surface area contributed by atoms with E-state index >= 15 is 0 Å². The molecule has 0 bridgehead atoms. The van der Waals surface area contributed by atoms with Crippen LogP contribution in [-0.4, -0.2) is 0 Å². The molecule has 0 N–H and O–H groups in total. The van der Waals surface area contributed by atoms with E-state index in [-0.39, 0.29) is 0 Å². The SMILES string of the molecule is Cc1cccc(N(c2ccc3ccc4ccccc4c3c2)c2cccc3ccc4ccccc4c23)c1. The van der Waals surface area contributed by atoms with Crippen molar-refractivity contribution in [2.75, 3.05) is 4.90 Å². The van der Waals surface area contributed by atoms with Crippen molar-refractivity contribution >= 4 is 60.2 Å². The molecule has 0 unspecified atom stereocenters. The first-order chi connectivity index (χ1) is 17.8. The van der Waals surface area contributed by atoms with Gasteiger partial charge in [-0.3, -0.25) is 0 Å². The Bertz CT molecular complexity index is 1910. The number of aryl methyl sites for hydroxylation is 1. The number of anilines is 3. The van der Waals surface area contributed by atoms with Crippen LogP contribution in [0.2, 0.25) is 0 Å². The molecule has 0 fully saturated rings. The predicted octanol–water partition coefficient (Wildman–Crippen LogP) is 10.1. The van der Waals surface area contributed by atoms with Crippen LogP contribution < -0.4 is 4.90 Å². The lowest BCUT2D eigenvalue weighted by Gasteiger charge is -2.28. The molecule has 170 valence electrons. The van der Waals surface area contributed by atoms with Gasteiger partial charge in [0, 0.05) is 16.8 Å². The summed E-state index contributed by atoms with van der Waals surface area (Å²) >= 11 is 0. The van der Waals surface area contributed by atoms with Crippen LogP contribution in [0.15, 0.2) is 133 Å². The minimum Gasteiger partial charge on any atom is -0.310 e. The van der Waals surface area contributed by atoms with Crippen molar-refractivity contribution in [2.45, 2.75) is 6.92 Å². The van der Waals surface area contributed by atoms with Crippen molar-refractivity contribution in [1.82, 2.24) is 0 Å². The Kier molecular flexibility index (Phi) is 4.75. The van der Waals surface area contributed by atoms with Crippen LogP contribution in [0, 0.1) is 6.92 Å². The first kappa shape index (κ1) is 20.7. The highest BCUT2D eigenvalue weighted by Gasteiger charge is 2.17. The summed E-state index contributed by atoms with van der Waals surface area (Å²) < 4.78 is 0. The van der Waals surface area contributed by atoms with Crippen LogP contribution in [0.4, 0.5) is 17.1 Å². The Morgan fingerprint density at radius 3 is 1.81 bits per heavy atom. The smallest absolute Gasteiger partial charge is 0.0546 e. The molecule has 0 atom stereocenters. The Morgan fingerprint density at radius 2 is 1.00 bits per heavy atom. The molecule has 1 heteroatoms. The second kappa shape index (κ2) is 8.25. The first-order valence-corrected chi connectivity index (χ1v) is 12.5. The maximum absolute atomic E-state index is 2.42. The minimum atomic E-state index is 1.16. The standard InChI is InChI=1S/C35H25N/c1-24-8-6-12-29(22-24)36(30-21-20-27-17-16-25-9-2-4-13-31(25)33(27)23-30)34-15-7-11-28-19-18-26-10-3-5-14-32(26)35(28)34/h2-23H,1H3. The van der Waals surface area contributed by atoms with Crippen LogP contribution in [0.25, 0.3) is 43.1 Å². The van der Waals surface area contributed by atoms with Gasteiger partial charge in [0.1, 0.15) is 0 Å². The van der Waals surface area contributed by atoms with Crippen LogP contribution in [-0.2, 0) is 0 Å². The molecule has 0 aliphatic heterocycles. The number of nitrogens with zero attached hydrogens (tertiary/aromatic N) is 1. The number of hydrogen-bond acceptors (Lipinski definition) is 1. The van der Waals surface area contributed by atoms with E-state index in [0.29, 0.717) is 0 Å². The molecule has 1 nitrogen and oxygen atoms in total. The molecule has 0 saturated heterocycles. The van der Waals surface area contributed by atoms with Crippen LogP contribution in [0.5, 0.6) is 0 Å². The minimum absolute atomic E-state index is 1.16. The molecule has 0 amide bonds. The topological polar surface area (TPSA) is 3.24 Å². The molecule has 0 aliphatic rings. The van der Waals surface area contributed by atoms with E-state index in [2.05, 4.69) is 145 Å². The van der Waals surface area contributed by atoms with Crippen molar-refractivity contribution in [3.8, 4) is 0 Å². The number of fused-ring (bicyclic) bond motifs is 6. The number of rotatable bonds is 3. The second-order valence-electron chi connectivity index (χ2n) is 9.53. The molecule has 36 heavy (non-hydrogen) atoms.